The highest BCUT2D eigenvalue weighted by molar-refractivity contribution is 5.32. The summed E-state index contributed by atoms with van der Waals surface area (Å²) in [6.07, 6.45) is 2.63. The highest BCUT2D eigenvalue weighted by atomic mass is 16.5. The Morgan fingerprint density at radius 3 is 2.43 bits per heavy atom. The van der Waals surface area contributed by atoms with Crippen molar-refractivity contribution in [1.29, 1.82) is 0 Å². The van der Waals surface area contributed by atoms with Crippen molar-refractivity contribution < 1.29 is 4.74 Å². The first-order chi connectivity index (χ1) is 10.2. The summed E-state index contributed by atoms with van der Waals surface area (Å²) >= 11 is 0. The molecule has 21 heavy (non-hydrogen) atoms. The smallest absolute Gasteiger partial charge is 0.119 e. The molecule has 0 aromatic heterocycles. The largest absolute Gasteiger partial charge is 0.492 e. The van der Waals surface area contributed by atoms with Crippen LogP contribution in [0, 0.1) is 19.8 Å². The standard InChI is InChI=1S/C18H30N2O/c1-4-19-14-17-5-7-20(8-6-17)9-10-21-18-12-15(2)11-16(3)13-18/h11-13,17,19H,4-10,14H2,1-3H3. The fourth-order valence-electron chi connectivity index (χ4n) is 3.07. The molecular formula is C18H30N2O. The molecule has 3 heteroatoms. The Balaban J connectivity index is 1.65. The molecule has 1 aromatic carbocycles. The highest BCUT2D eigenvalue weighted by Gasteiger charge is 2.18. The summed E-state index contributed by atoms with van der Waals surface area (Å²) in [5.74, 6) is 1.87. The summed E-state index contributed by atoms with van der Waals surface area (Å²) in [5.41, 5.74) is 2.54. The van der Waals surface area contributed by atoms with Crippen LogP contribution in [-0.2, 0) is 0 Å². The minimum atomic E-state index is 0.792. The second-order valence-corrected chi connectivity index (χ2v) is 6.26. The molecule has 1 aliphatic rings. The monoisotopic (exact) mass is 290 g/mol. The average molecular weight is 290 g/mol. The molecule has 0 aliphatic carbocycles. The van der Waals surface area contributed by atoms with Gasteiger partial charge >= 0.3 is 0 Å². The van der Waals surface area contributed by atoms with Crippen LogP contribution in [0.25, 0.3) is 0 Å². The summed E-state index contributed by atoms with van der Waals surface area (Å²) in [4.78, 5) is 2.53. The van der Waals surface area contributed by atoms with Crippen molar-refractivity contribution in [2.75, 3.05) is 39.3 Å². The third-order valence-electron chi connectivity index (χ3n) is 4.26. The molecule has 1 saturated heterocycles. The molecule has 1 heterocycles. The number of nitrogens with zero attached hydrogens (tertiary/aromatic N) is 1. The molecule has 1 aliphatic heterocycles. The summed E-state index contributed by atoms with van der Waals surface area (Å²) in [7, 11) is 0. The van der Waals surface area contributed by atoms with Crippen molar-refractivity contribution in [3.63, 3.8) is 0 Å². The van der Waals surface area contributed by atoms with E-state index >= 15 is 0 Å². The average Bonchev–Trinajstić information content (AvgIpc) is 2.45. The van der Waals surface area contributed by atoms with Crippen molar-refractivity contribution in [1.82, 2.24) is 10.2 Å². The van der Waals surface area contributed by atoms with Gasteiger partial charge in [0.2, 0.25) is 0 Å². The topological polar surface area (TPSA) is 24.5 Å². The lowest BCUT2D eigenvalue weighted by Crippen LogP contribution is -2.39. The molecule has 3 nitrogen and oxygen atoms in total. The number of likely N-dealkylation sites (tertiary alicyclic amines) is 1. The number of rotatable bonds is 7. The number of ether oxygens (including phenoxy) is 1. The molecule has 0 atom stereocenters. The normalized spacial score (nSPS) is 17.1. The number of nitrogens with one attached hydrogen (secondary N) is 1. The second-order valence-electron chi connectivity index (χ2n) is 6.26. The molecule has 118 valence electrons. The fraction of sp³-hybridized carbons (Fsp3) is 0.667. The van der Waals surface area contributed by atoms with E-state index in [2.05, 4.69) is 49.2 Å². The van der Waals surface area contributed by atoms with Gasteiger partial charge in [-0.1, -0.05) is 13.0 Å². The van der Waals surface area contributed by atoms with Crippen LogP contribution >= 0.6 is 0 Å². The van der Waals surface area contributed by atoms with E-state index in [-0.39, 0.29) is 0 Å². The van der Waals surface area contributed by atoms with E-state index in [1.165, 1.54) is 43.6 Å². The molecular weight excluding hydrogens is 260 g/mol. The zero-order chi connectivity index (χ0) is 15.1. The third kappa shape index (κ3) is 5.68. The maximum Gasteiger partial charge on any atom is 0.119 e. The third-order valence-corrected chi connectivity index (χ3v) is 4.26. The number of piperidine rings is 1. The minimum Gasteiger partial charge on any atom is -0.492 e. The molecule has 2 rings (SSSR count). The van der Waals surface area contributed by atoms with Crippen molar-refractivity contribution in [2.24, 2.45) is 5.92 Å². The van der Waals surface area contributed by atoms with Crippen LogP contribution in [0.2, 0.25) is 0 Å². The molecule has 0 bridgehead atoms. The summed E-state index contributed by atoms with van der Waals surface area (Å²) < 4.78 is 5.91. The lowest BCUT2D eigenvalue weighted by atomic mass is 9.97. The van der Waals surface area contributed by atoms with Crippen molar-refractivity contribution in [2.45, 2.75) is 33.6 Å². The van der Waals surface area contributed by atoms with Gasteiger partial charge < -0.3 is 10.1 Å². The zero-order valence-electron chi connectivity index (χ0n) is 13.8. The highest BCUT2D eigenvalue weighted by Crippen LogP contribution is 2.18. The van der Waals surface area contributed by atoms with Crippen LogP contribution in [0.3, 0.4) is 0 Å². The van der Waals surface area contributed by atoms with E-state index in [9.17, 15) is 0 Å². The molecule has 0 saturated carbocycles. The Bertz CT molecular complexity index is 405. The van der Waals surface area contributed by atoms with E-state index < -0.39 is 0 Å². The van der Waals surface area contributed by atoms with Crippen LogP contribution in [0.15, 0.2) is 18.2 Å². The molecule has 1 fully saturated rings. The first kappa shape index (κ1) is 16.3. The zero-order valence-corrected chi connectivity index (χ0v) is 13.8. The molecule has 0 radical (unpaired) electrons. The molecule has 0 unspecified atom stereocenters. The number of benzene rings is 1. The van der Waals surface area contributed by atoms with Gasteiger partial charge in [0, 0.05) is 6.54 Å². The van der Waals surface area contributed by atoms with Crippen LogP contribution < -0.4 is 10.1 Å². The Kier molecular flexibility index (Phi) is 6.52. The van der Waals surface area contributed by atoms with Gasteiger partial charge in [0.05, 0.1) is 0 Å². The van der Waals surface area contributed by atoms with Crippen molar-refractivity contribution in [3.8, 4) is 5.75 Å². The quantitative estimate of drug-likeness (QED) is 0.835. The van der Waals surface area contributed by atoms with Gasteiger partial charge in [-0.2, -0.15) is 0 Å². The molecule has 1 N–H and O–H groups in total. The summed E-state index contributed by atoms with van der Waals surface area (Å²) in [5, 5.41) is 3.46. The Morgan fingerprint density at radius 1 is 1.14 bits per heavy atom. The predicted octanol–water partition coefficient (Wildman–Crippen LogP) is 3.00. The van der Waals surface area contributed by atoms with E-state index in [0.717, 1.165) is 31.4 Å². The molecule has 0 spiro atoms. The van der Waals surface area contributed by atoms with E-state index in [0.29, 0.717) is 0 Å². The van der Waals surface area contributed by atoms with Crippen LogP contribution in [0.4, 0.5) is 0 Å². The van der Waals surface area contributed by atoms with Gasteiger partial charge in [0.15, 0.2) is 0 Å². The minimum absolute atomic E-state index is 0.792. The fourth-order valence-corrected chi connectivity index (χ4v) is 3.07. The second kappa shape index (κ2) is 8.40. The molecule has 1 aromatic rings. The Labute approximate surface area is 129 Å². The summed E-state index contributed by atoms with van der Waals surface area (Å²) in [6.45, 7) is 13.0. The van der Waals surface area contributed by atoms with Crippen LogP contribution in [0.5, 0.6) is 5.75 Å². The van der Waals surface area contributed by atoms with E-state index in [1.807, 2.05) is 0 Å². The Hall–Kier alpha value is -1.06. The maximum atomic E-state index is 5.91. The van der Waals surface area contributed by atoms with Gasteiger partial charge in [-0.25, -0.2) is 0 Å². The van der Waals surface area contributed by atoms with Gasteiger partial charge in [-0.3, -0.25) is 4.90 Å². The molecule has 0 amide bonds. The maximum absolute atomic E-state index is 5.91. The lowest BCUT2D eigenvalue weighted by molar-refractivity contribution is 0.154. The summed E-state index contributed by atoms with van der Waals surface area (Å²) in [6, 6.07) is 6.42. The van der Waals surface area contributed by atoms with Gasteiger partial charge in [-0.05, 0) is 82.0 Å². The van der Waals surface area contributed by atoms with Gasteiger partial charge in [-0.15, -0.1) is 0 Å². The first-order valence-corrected chi connectivity index (χ1v) is 8.31. The van der Waals surface area contributed by atoms with E-state index in [4.69, 9.17) is 4.74 Å². The van der Waals surface area contributed by atoms with E-state index in [1.54, 1.807) is 0 Å². The van der Waals surface area contributed by atoms with Crippen LogP contribution in [0.1, 0.15) is 30.9 Å². The number of aryl methyl sites for hydroxylation is 2. The number of hydrogen-bond donors (Lipinski definition) is 1. The van der Waals surface area contributed by atoms with Crippen LogP contribution in [-0.4, -0.2) is 44.2 Å². The van der Waals surface area contributed by atoms with Gasteiger partial charge in [0.25, 0.3) is 0 Å². The van der Waals surface area contributed by atoms with Crippen molar-refractivity contribution in [3.05, 3.63) is 29.3 Å². The SMILES string of the molecule is CCNCC1CCN(CCOc2cc(C)cc(C)c2)CC1. The predicted molar refractivity (Wildman–Crippen MR) is 89.1 cm³/mol. The Morgan fingerprint density at radius 2 is 1.81 bits per heavy atom. The van der Waals surface area contributed by atoms with Gasteiger partial charge in [0.1, 0.15) is 12.4 Å². The van der Waals surface area contributed by atoms with Crippen molar-refractivity contribution >= 4 is 0 Å². The lowest BCUT2D eigenvalue weighted by Gasteiger charge is -2.31. The number of hydrogen-bond acceptors (Lipinski definition) is 3. The first-order valence-electron chi connectivity index (χ1n) is 8.31.